The van der Waals surface area contributed by atoms with Crippen molar-refractivity contribution in [1.82, 2.24) is 19.7 Å². The smallest absolute Gasteiger partial charge is 0.0540 e. The Morgan fingerprint density at radius 2 is 2.22 bits per heavy atom. The van der Waals surface area contributed by atoms with Gasteiger partial charge in [-0.15, -0.1) is 0 Å². The van der Waals surface area contributed by atoms with E-state index in [1.165, 1.54) is 16.8 Å². The van der Waals surface area contributed by atoms with Gasteiger partial charge in [-0.3, -0.25) is 4.68 Å². The summed E-state index contributed by atoms with van der Waals surface area (Å²) in [6.07, 6.45) is 6.26. The molecule has 1 atom stereocenters. The van der Waals surface area contributed by atoms with Crippen molar-refractivity contribution in [3.05, 3.63) is 41.5 Å². The van der Waals surface area contributed by atoms with Crippen LogP contribution in [0.5, 0.6) is 0 Å². The van der Waals surface area contributed by atoms with Gasteiger partial charge < -0.3 is 9.88 Å². The number of rotatable bonds is 5. The van der Waals surface area contributed by atoms with Crippen molar-refractivity contribution in [3.8, 4) is 0 Å². The highest BCUT2D eigenvalue weighted by Gasteiger charge is 2.11. The molecular weight excluding hydrogens is 224 g/mol. The normalized spacial score (nSPS) is 12.9. The fraction of sp³-hybridized carbons (Fsp3) is 0.500. The van der Waals surface area contributed by atoms with Gasteiger partial charge in [-0.1, -0.05) is 0 Å². The summed E-state index contributed by atoms with van der Waals surface area (Å²) in [4.78, 5) is 0. The quantitative estimate of drug-likeness (QED) is 0.879. The first-order chi connectivity index (χ1) is 8.61. The molecular formula is C14H22N4. The average molecular weight is 246 g/mol. The van der Waals surface area contributed by atoms with E-state index in [0.29, 0.717) is 6.04 Å². The Morgan fingerprint density at radius 1 is 1.44 bits per heavy atom. The van der Waals surface area contributed by atoms with Crippen LogP contribution in [0.15, 0.2) is 24.7 Å². The zero-order valence-corrected chi connectivity index (χ0v) is 11.6. The lowest BCUT2D eigenvalue weighted by Gasteiger charge is -2.13. The van der Waals surface area contributed by atoms with Crippen molar-refractivity contribution < 1.29 is 0 Å². The Bertz CT molecular complexity index is 510. The van der Waals surface area contributed by atoms with E-state index in [2.05, 4.69) is 54.2 Å². The standard InChI is InChI=1S/C14H22N4/c1-5-18-7-6-13(10-18)8-15-11(2)14-9-16-17(4)12(14)3/h6-7,9-11,15H,5,8H2,1-4H3. The molecule has 0 aliphatic heterocycles. The Labute approximate surface area is 109 Å². The number of aryl methyl sites for hydroxylation is 2. The SMILES string of the molecule is CCn1ccc(CNC(C)c2cnn(C)c2C)c1. The molecule has 1 N–H and O–H groups in total. The molecule has 4 nitrogen and oxygen atoms in total. The zero-order chi connectivity index (χ0) is 13.1. The highest BCUT2D eigenvalue weighted by Crippen LogP contribution is 2.16. The molecule has 0 amide bonds. The summed E-state index contributed by atoms with van der Waals surface area (Å²) in [6.45, 7) is 8.35. The number of aromatic nitrogens is 3. The molecule has 0 saturated carbocycles. The maximum absolute atomic E-state index is 4.28. The summed E-state index contributed by atoms with van der Waals surface area (Å²) >= 11 is 0. The number of nitrogens with zero attached hydrogens (tertiary/aromatic N) is 3. The molecule has 0 aliphatic rings. The summed E-state index contributed by atoms with van der Waals surface area (Å²) < 4.78 is 4.11. The second-order valence-corrected chi connectivity index (χ2v) is 4.76. The lowest BCUT2D eigenvalue weighted by molar-refractivity contribution is 0.570. The molecule has 2 aromatic rings. The minimum atomic E-state index is 0.323. The van der Waals surface area contributed by atoms with Crippen molar-refractivity contribution >= 4 is 0 Å². The highest BCUT2D eigenvalue weighted by molar-refractivity contribution is 5.20. The van der Waals surface area contributed by atoms with Gasteiger partial charge >= 0.3 is 0 Å². The molecule has 0 spiro atoms. The van der Waals surface area contributed by atoms with E-state index in [-0.39, 0.29) is 0 Å². The van der Waals surface area contributed by atoms with Crippen LogP contribution in [0.3, 0.4) is 0 Å². The summed E-state index contributed by atoms with van der Waals surface area (Å²) in [6, 6.07) is 2.49. The van der Waals surface area contributed by atoms with E-state index in [0.717, 1.165) is 13.1 Å². The Balaban J connectivity index is 1.95. The van der Waals surface area contributed by atoms with Crippen LogP contribution in [0.1, 0.15) is 36.7 Å². The second-order valence-electron chi connectivity index (χ2n) is 4.76. The molecule has 2 heterocycles. The van der Waals surface area contributed by atoms with Gasteiger partial charge in [0.2, 0.25) is 0 Å². The number of hydrogen-bond acceptors (Lipinski definition) is 2. The van der Waals surface area contributed by atoms with E-state index in [1.807, 2.05) is 17.9 Å². The molecule has 1 unspecified atom stereocenters. The topological polar surface area (TPSA) is 34.8 Å². The molecule has 2 rings (SSSR count). The first kappa shape index (κ1) is 12.9. The predicted molar refractivity (Wildman–Crippen MR) is 73.3 cm³/mol. The second kappa shape index (κ2) is 5.40. The van der Waals surface area contributed by atoms with Crippen LogP contribution >= 0.6 is 0 Å². The van der Waals surface area contributed by atoms with E-state index in [1.54, 1.807) is 0 Å². The van der Waals surface area contributed by atoms with E-state index >= 15 is 0 Å². The Hall–Kier alpha value is -1.55. The van der Waals surface area contributed by atoms with Gasteiger partial charge in [0.05, 0.1) is 6.20 Å². The molecule has 0 aromatic carbocycles. The van der Waals surface area contributed by atoms with Crippen molar-refractivity contribution in [1.29, 1.82) is 0 Å². The highest BCUT2D eigenvalue weighted by atomic mass is 15.3. The molecule has 0 radical (unpaired) electrons. The molecule has 0 bridgehead atoms. The first-order valence-electron chi connectivity index (χ1n) is 6.48. The third-order valence-electron chi connectivity index (χ3n) is 3.53. The van der Waals surface area contributed by atoms with Crippen LogP contribution in [0.25, 0.3) is 0 Å². The van der Waals surface area contributed by atoms with E-state index < -0.39 is 0 Å². The van der Waals surface area contributed by atoms with Gasteiger partial charge in [-0.05, 0) is 32.4 Å². The number of nitrogens with one attached hydrogen (secondary N) is 1. The molecule has 0 aliphatic carbocycles. The molecule has 18 heavy (non-hydrogen) atoms. The minimum Gasteiger partial charge on any atom is -0.354 e. The van der Waals surface area contributed by atoms with Gasteiger partial charge in [0, 0.05) is 49.8 Å². The summed E-state index contributed by atoms with van der Waals surface area (Å²) in [5, 5.41) is 7.82. The molecule has 98 valence electrons. The average Bonchev–Trinajstić information content (AvgIpc) is 2.95. The van der Waals surface area contributed by atoms with Crippen LogP contribution in [-0.2, 0) is 20.1 Å². The maximum atomic E-state index is 4.28. The van der Waals surface area contributed by atoms with Crippen LogP contribution in [0.4, 0.5) is 0 Å². The lowest BCUT2D eigenvalue weighted by Crippen LogP contribution is -2.18. The Kier molecular flexibility index (Phi) is 3.87. The minimum absolute atomic E-state index is 0.323. The largest absolute Gasteiger partial charge is 0.354 e. The summed E-state index contributed by atoms with van der Waals surface area (Å²) in [7, 11) is 1.98. The van der Waals surface area contributed by atoms with Crippen LogP contribution < -0.4 is 5.32 Å². The Morgan fingerprint density at radius 3 is 2.78 bits per heavy atom. The molecule has 4 heteroatoms. The fourth-order valence-electron chi connectivity index (χ4n) is 2.11. The zero-order valence-electron chi connectivity index (χ0n) is 11.6. The van der Waals surface area contributed by atoms with Crippen molar-refractivity contribution in [2.24, 2.45) is 7.05 Å². The third-order valence-corrected chi connectivity index (χ3v) is 3.53. The molecule has 2 aromatic heterocycles. The van der Waals surface area contributed by atoms with Crippen LogP contribution in [0.2, 0.25) is 0 Å². The van der Waals surface area contributed by atoms with Gasteiger partial charge in [0.15, 0.2) is 0 Å². The summed E-state index contributed by atoms with van der Waals surface area (Å²) in [5.74, 6) is 0. The maximum Gasteiger partial charge on any atom is 0.0540 e. The van der Waals surface area contributed by atoms with E-state index in [9.17, 15) is 0 Å². The van der Waals surface area contributed by atoms with Crippen LogP contribution in [0, 0.1) is 6.92 Å². The van der Waals surface area contributed by atoms with Crippen molar-refractivity contribution in [2.45, 2.75) is 39.9 Å². The number of hydrogen-bond donors (Lipinski definition) is 1. The molecule has 0 fully saturated rings. The summed E-state index contributed by atoms with van der Waals surface area (Å²) in [5.41, 5.74) is 3.82. The van der Waals surface area contributed by atoms with Gasteiger partial charge in [0.25, 0.3) is 0 Å². The third kappa shape index (κ3) is 2.64. The van der Waals surface area contributed by atoms with Crippen LogP contribution in [-0.4, -0.2) is 14.3 Å². The van der Waals surface area contributed by atoms with Gasteiger partial charge in [-0.2, -0.15) is 5.10 Å². The van der Waals surface area contributed by atoms with Crippen molar-refractivity contribution in [2.75, 3.05) is 0 Å². The van der Waals surface area contributed by atoms with E-state index in [4.69, 9.17) is 0 Å². The van der Waals surface area contributed by atoms with Gasteiger partial charge in [-0.25, -0.2) is 0 Å². The molecule has 0 saturated heterocycles. The first-order valence-corrected chi connectivity index (χ1v) is 6.48. The lowest BCUT2D eigenvalue weighted by atomic mass is 10.1. The van der Waals surface area contributed by atoms with Gasteiger partial charge in [0.1, 0.15) is 0 Å². The van der Waals surface area contributed by atoms with Crippen molar-refractivity contribution in [3.63, 3.8) is 0 Å². The monoisotopic (exact) mass is 246 g/mol. The fourth-order valence-corrected chi connectivity index (χ4v) is 2.11. The predicted octanol–water partition coefficient (Wildman–Crippen LogP) is 2.40.